The number of thioether (sulfide) groups is 1. The van der Waals surface area contributed by atoms with Gasteiger partial charge in [0.15, 0.2) is 0 Å². The maximum atomic E-state index is 11.5. The van der Waals surface area contributed by atoms with Crippen molar-refractivity contribution in [2.75, 3.05) is 5.32 Å². The molecule has 0 atom stereocenters. The Morgan fingerprint density at radius 1 is 1.25 bits per heavy atom. The van der Waals surface area contributed by atoms with Gasteiger partial charge in [-0.1, -0.05) is 6.07 Å². The molecule has 1 N–H and O–H groups in total. The Bertz CT molecular complexity index is 670. The number of hydrogen-bond donors (Lipinski definition) is 1. The molecule has 0 saturated carbocycles. The first kappa shape index (κ1) is 13.2. The summed E-state index contributed by atoms with van der Waals surface area (Å²) in [6.45, 7) is 5.68. The first-order chi connectivity index (χ1) is 9.54. The fourth-order valence-electron chi connectivity index (χ4n) is 2.57. The van der Waals surface area contributed by atoms with Crippen molar-refractivity contribution in [2.45, 2.75) is 32.3 Å². The van der Waals surface area contributed by atoms with Gasteiger partial charge in [-0.25, -0.2) is 4.68 Å². The van der Waals surface area contributed by atoms with E-state index in [1.54, 1.807) is 0 Å². The Morgan fingerprint density at radius 2 is 1.95 bits per heavy atom. The van der Waals surface area contributed by atoms with Gasteiger partial charge in [0.2, 0.25) is 5.91 Å². The van der Waals surface area contributed by atoms with Gasteiger partial charge in [0.1, 0.15) is 5.82 Å². The highest BCUT2D eigenvalue weighted by Gasteiger charge is 2.24. The van der Waals surface area contributed by atoms with E-state index in [-0.39, 0.29) is 5.91 Å². The molecule has 5 heteroatoms. The van der Waals surface area contributed by atoms with Gasteiger partial charge in [-0.15, -0.1) is 0 Å². The molecule has 2 heterocycles. The van der Waals surface area contributed by atoms with E-state index in [0.29, 0.717) is 0 Å². The molecule has 20 heavy (non-hydrogen) atoms. The number of nitrogens with one attached hydrogen (secondary N) is 1. The number of amides is 1. The minimum atomic E-state index is -0.0600. The van der Waals surface area contributed by atoms with Gasteiger partial charge in [-0.2, -0.15) is 16.9 Å². The summed E-state index contributed by atoms with van der Waals surface area (Å²) in [5, 5.41) is 7.62. The van der Waals surface area contributed by atoms with Gasteiger partial charge in [0, 0.05) is 24.0 Å². The molecule has 0 spiro atoms. The van der Waals surface area contributed by atoms with Gasteiger partial charge in [0.25, 0.3) is 0 Å². The Morgan fingerprint density at radius 3 is 2.60 bits per heavy atom. The minimum absolute atomic E-state index is 0.0600. The third kappa shape index (κ3) is 2.33. The number of carbonyl (C=O) groups is 1. The standard InChI is InChI=1S/C15H17N3OS/c1-9-4-10(2)6-12(5-9)18-15(16-11(3)19)13-7-20-8-14(13)17-18/h4-6H,7-8H2,1-3H3,(H,16,19). The summed E-state index contributed by atoms with van der Waals surface area (Å²) in [6, 6.07) is 6.32. The van der Waals surface area contributed by atoms with E-state index in [1.165, 1.54) is 18.1 Å². The molecule has 0 bridgehead atoms. The predicted molar refractivity (Wildman–Crippen MR) is 82.3 cm³/mol. The van der Waals surface area contributed by atoms with Crippen LogP contribution in [0.2, 0.25) is 0 Å². The van der Waals surface area contributed by atoms with Crippen molar-refractivity contribution in [3.63, 3.8) is 0 Å². The van der Waals surface area contributed by atoms with E-state index >= 15 is 0 Å². The largest absolute Gasteiger partial charge is 0.311 e. The SMILES string of the molecule is CC(=O)Nc1c2c(nn1-c1cc(C)cc(C)c1)CSC2. The fraction of sp³-hybridized carbons (Fsp3) is 0.333. The van der Waals surface area contributed by atoms with Gasteiger partial charge in [-0.05, 0) is 37.1 Å². The molecule has 0 radical (unpaired) electrons. The summed E-state index contributed by atoms with van der Waals surface area (Å²) in [6.07, 6.45) is 0. The molecular formula is C15H17N3OS. The Kier molecular flexibility index (Phi) is 3.30. The number of rotatable bonds is 2. The summed E-state index contributed by atoms with van der Waals surface area (Å²) in [5.74, 6) is 2.59. The lowest BCUT2D eigenvalue weighted by molar-refractivity contribution is -0.114. The predicted octanol–water partition coefficient (Wildman–Crippen LogP) is 3.19. The van der Waals surface area contributed by atoms with Crippen molar-refractivity contribution >= 4 is 23.5 Å². The number of anilines is 1. The topological polar surface area (TPSA) is 46.9 Å². The number of aromatic nitrogens is 2. The molecule has 0 saturated heterocycles. The van der Waals surface area contributed by atoms with Crippen LogP contribution < -0.4 is 5.32 Å². The second kappa shape index (κ2) is 4.98. The van der Waals surface area contributed by atoms with E-state index in [0.717, 1.165) is 34.3 Å². The van der Waals surface area contributed by atoms with Crippen molar-refractivity contribution in [3.05, 3.63) is 40.6 Å². The summed E-state index contributed by atoms with van der Waals surface area (Å²) in [5.41, 5.74) is 5.63. The quantitative estimate of drug-likeness (QED) is 0.922. The number of hydrogen-bond acceptors (Lipinski definition) is 3. The normalized spacial score (nSPS) is 13.3. The summed E-state index contributed by atoms with van der Waals surface area (Å²) < 4.78 is 1.87. The second-order valence-corrected chi connectivity index (χ2v) is 6.19. The fourth-order valence-corrected chi connectivity index (χ4v) is 3.60. The van der Waals surface area contributed by atoms with E-state index in [2.05, 4.69) is 42.5 Å². The van der Waals surface area contributed by atoms with Crippen LogP contribution in [0.5, 0.6) is 0 Å². The van der Waals surface area contributed by atoms with Crippen molar-refractivity contribution in [3.8, 4) is 5.69 Å². The number of fused-ring (bicyclic) bond motifs is 1. The molecule has 1 aliphatic heterocycles. The van der Waals surface area contributed by atoms with E-state index in [9.17, 15) is 4.79 Å². The van der Waals surface area contributed by atoms with Crippen molar-refractivity contribution in [1.82, 2.24) is 9.78 Å². The number of aryl methyl sites for hydroxylation is 2. The average Bonchev–Trinajstić information content (AvgIpc) is 2.90. The van der Waals surface area contributed by atoms with E-state index in [4.69, 9.17) is 0 Å². The maximum Gasteiger partial charge on any atom is 0.222 e. The van der Waals surface area contributed by atoms with Gasteiger partial charge in [0.05, 0.1) is 11.4 Å². The maximum absolute atomic E-state index is 11.5. The molecule has 1 aromatic carbocycles. The zero-order chi connectivity index (χ0) is 14.3. The highest BCUT2D eigenvalue weighted by atomic mass is 32.2. The Hall–Kier alpha value is -1.75. The van der Waals surface area contributed by atoms with Crippen LogP contribution in [0.1, 0.15) is 29.3 Å². The first-order valence-electron chi connectivity index (χ1n) is 6.59. The third-order valence-corrected chi connectivity index (χ3v) is 4.27. The molecule has 3 rings (SSSR count). The highest BCUT2D eigenvalue weighted by Crippen LogP contribution is 2.36. The molecule has 1 aromatic heterocycles. The van der Waals surface area contributed by atoms with Crippen LogP contribution in [-0.2, 0) is 16.3 Å². The number of nitrogens with zero attached hydrogens (tertiary/aromatic N) is 2. The summed E-state index contributed by atoms with van der Waals surface area (Å²) in [4.78, 5) is 11.5. The first-order valence-corrected chi connectivity index (χ1v) is 7.75. The van der Waals surface area contributed by atoms with Crippen LogP contribution in [0, 0.1) is 13.8 Å². The second-order valence-electron chi connectivity index (χ2n) is 5.21. The molecule has 0 fully saturated rings. The van der Waals surface area contributed by atoms with Gasteiger partial charge >= 0.3 is 0 Å². The van der Waals surface area contributed by atoms with Crippen molar-refractivity contribution < 1.29 is 4.79 Å². The van der Waals surface area contributed by atoms with Gasteiger partial charge in [-0.3, -0.25) is 4.79 Å². The lowest BCUT2D eigenvalue weighted by atomic mass is 10.1. The molecule has 4 nitrogen and oxygen atoms in total. The molecule has 2 aromatic rings. The Balaban J connectivity index is 2.15. The number of carbonyl (C=O) groups excluding carboxylic acids is 1. The van der Waals surface area contributed by atoms with Crippen LogP contribution in [0.3, 0.4) is 0 Å². The highest BCUT2D eigenvalue weighted by molar-refractivity contribution is 7.98. The molecular weight excluding hydrogens is 270 g/mol. The molecule has 0 unspecified atom stereocenters. The number of benzene rings is 1. The summed E-state index contributed by atoms with van der Waals surface area (Å²) in [7, 11) is 0. The smallest absolute Gasteiger partial charge is 0.222 e. The molecule has 1 amide bonds. The van der Waals surface area contributed by atoms with Crippen molar-refractivity contribution in [2.24, 2.45) is 0 Å². The zero-order valence-corrected chi connectivity index (χ0v) is 12.7. The molecule has 104 valence electrons. The van der Waals surface area contributed by atoms with Gasteiger partial charge < -0.3 is 5.32 Å². The lowest BCUT2D eigenvalue weighted by Gasteiger charge is -2.11. The molecule has 0 aliphatic carbocycles. The van der Waals surface area contributed by atoms with Crippen LogP contribution in [0.4, 0.5) is 5.82 Å². The van der Waals surface area contributed by atoms with Crippen LogP contribution >= 0.6 is 11.8 Å². The zero-order valence-electron chi connectivity index (χ0n) is 11.9. The van der Waals surface area contributed by atoms with Crippen LogP contribution in [0.25, 0.3) is 5.69 Å². The molecule has 1 aliphatic rings. The van der Waals surface area contributed by atoms with E-state index < -0.39 is 0 Å². The monoisotopic (exact) mass is 287 g/mol. The third-order valence-electron chi connectivity index (χ3n) is 3.30. The average molecular weight is 287 g/mol. The van der Waals surface area contributed by atoms with E-state index in [1.807, 2.05) is 16.4 Å². The Labute approximate surface area is 122 Å². The minimum Gasteiger partial charge on any atom is -0.311 e. The summed E-state index contributed by atoms with van der Waals surface area (Å²) >= 11 is 1.83. The van der Waals surface area contributed by atoms with Crippen molar-refractivity contribution in [1.29, 1.82) is 0 Å². The lowest BCUT2D eigenvalue weighted by Crippen LogP contribution is -2.12. The van der Waals surface area contributed by atoms with Crippen LogP contribution in [-0.4, -0.2) is 15.7 Å². The van der Waals surface area contributed by atoms with Crippen LogP contribution in [0.15, 0.2) is 18.2 Å².